The highest BCUT2D eigenvalue weighted by molar-refractivity contribution is 6.37. The third-order valence-electron chi connectivity index (χ3n) is 3.34. The van der Waals surface area contributed by atoms with Crippen LogP contribution in [0.25, 0.3) is 10.8 Å². The van der Waals surface area contributed by atoms with Gasteiger partial charge in [0.15, 0.2) is 5.75 Å². The lowest BCUT2D eigenvalue weighted by Gasteiger charge is -2.33. The number of benzene rings is 2. The molecule has 1 unspecified atom stereocenters. The minimum Gasteiger partial charge on any atom is -0.486 e. The summed E-state index contributed by atoms with van der Waals surface area (Å²) in [4.78, 5) is 24.0. The fourth-order valence-electron chi connectivity index (χ4n) is 2.47. The second-order valence-corrected chi connectivity index (χ2v) is 4.78. The molecular weight excluding hydrogens is 258 g/mol. The molecule has 3 rings (SSSR count). The number of anilines is 1. The number of amides is 1. The number of carboxylic acid groups (broad SMARTS) is 1. The van der Waals surface area contributed by atoms with Crippen LogP contribution in [0.4, 0.5) is 5.69 Å². The van der Waals surface area contributed by atoms with Crippen LogP contribution in [0.2, 0.25) is 0 Å². The van der Waals surface area contributed by atoms with E-state index in [-0.39, 0.29) is 12.6 Å². The van der Waals surface area contributed by atoms with Gasteiger partial charge in [-0.2, -0.15) is 0 Å². The van der Waals surface area contributed by atoms with Gasteiger partial charge in [-0.25, -0.2) is 4.79 Å². The molecule has 102 valence electrons. The van der Waals surface area contributed by atoms with E-state index in [0.29, 0.717) is 11.4 Å². The summed E-state index contributed by atoms with van der Waals surface area (Å²) in [5, 5.41) is 10.8. The number of carbonyl (C=O) groups excluding carboxylic acids is 1. The lowest BCUT2D eigenvalue weighted by Crippen LogP contribution is -2.45. The minimum atomic E-state index is -1.46. The van der Waals surface area contributed by atoms with Crippen LogP contribution in [0.1, 0.15) is 6.92 Å². The van der Waals surface area contributed by atoms with Crippen molar-refractivity contribution < 1.29 is 19.4 Å². The number of ether oxygens (including phenoxy) is 1. The quantitative estimate of drug-likeness (QED) is 0.744. The van der Waals surface area contributed by atoms with Crippen LogP contribution in [0.3, 0.4) is 0 Å². The van der Waals surface area contributed by atoms with Crippen molar-refractivity contribution in [1.29, 1.82) is 0 Å². The molecule has 20 heavy (non-hydrogen) atoms. The van der Waals surface area contributed by atoms with Gasteiger partial charge in [0.25, 0.3) is 0 Å². The van der Waals surface area contributed by atoms with E-state index >= 15 is 0 Å². The lowest BCUT2D eigenvalue weighted by molar-refractivity contribution is -0.149. The molecule has 0 saturated carbocycles. The van der Waals surface area contributed by atoms with E-state index in [1.807, 2.05) is 37.3 Å². The van der Waals surface area contributed by atoms with Crippen LogP contribution in [0.15, 0.2) is 36.4 Å². The Labute approximate surface area is 115 Å². The summed E-state index contributed by atoms with van der Waals surface area (Å²) in [6.07, 6.45) is -0.253. The summed E-state index contributed by atoms with van der Waals surface area (Å²) in [6.45, 7) is 2.04. The molecule has 5 nitrogen and oxygen atoms in total. The summed E-state index contributed by atoms with van der Waals surface area (Å²) in [5.74, 6) is -1.83. The zero-order valence-corrected chi connectivity index (χ0v) is 10.9. The molecule has 1 aliphatic rings. The highest BCUT2D eigenvalue weighted by Crippen LogP contribution is 2.39. The summed E-state index contributed by atoms with van der Waals surface area (Å²) >= 11 is 0. The Kier molecular flexibility index (Phi) is 2.82. The molecule has 1 amide bonds. The number of aliphatic carboxylic acids is 1. The van der Waals surface area contributed by atoms with Gasteiger partial charge < -0.3 is 9.84 Å². The second-order valence-electron chi connectivity index (χ2n) is 4.78. The van der Waals surface area contributed by atoms with Crippen molar-refractivity contribution in [2.45, 2.75) is 13.0 Å². The van der Waals surface area contributed by atoms with Crippen molar-refractivity contribution in [3.63, 3.8) is 0 Å². The zero-order chi connectivity index (χ0) is 14.3. The first-order valence-electron chi connectivity index (χ1n) is 6.31. The second kappa shape index (κ2) is 4.52. The Morgan fingerprint density at radius 2 is 2.00 bits per heavy atom. The van der Waals surface area contributed by atoms with Crippen molar-refractivity contribution in [3.8, 4) is 5.75 Å². The Balaban J connectivity index is 2.20. The van der Waals surface area contributed by atoms with Gasteiger partial charge in [0, 0.05) is 5.39 Å². The number of hydrogen-bond donors (Lipinski definition) is 1. The molecule has 1 atom stereocenters. The summed E-state index contributed by atoms with van der Waals surface area (Å²) in [6, 6.07) is 11.2. The zero-order valence-electron chi connectivity index (χ0n) is 10.9. The van der Waals surface area contributed by atoms with Gasteiger partial charge in [-0.05, 0) is 18.4 Å². The molecule has 0 aliphatic carbocycles. The largest absolute Gasteiger partial charge is 0.486 e. The smallest absolute Gasteiger partial charge is 0.394 e. The van der Waals surface area contributed by atoms with Gasteiger partial charge in [0.2, 0.25) is 0 Å². The molecule has 1 aliphatic heterocycles. The summed E-state index contributed by atoms with van der Waals surface area (Å²) < 4.78 is 5.82. The van der Waals surface area contributed by atoms with Crippen LogP contribution in [0.5, 0.6) is 5.75 Å². The highest BCUT2D eigenvalue weighted by Gasteiger charge is 2.32. The maximum absolute atomic E-state index is 11.8. The fraction of sp³-hybridized carbons (Fsp3) is 0.200. The van der Waals surface area contributed by atoms with E-state index in [1.54, 1.807) is 6.07 Å². The number of fused-ring (bicyclic) bond motifs is 3. The average Bonchev–Trinajstić information content (AvgIpc) is 2.45. The fourth-order valence-corrected chi connectivity index (χ4v) is 2.47. The standard InChI is InChI=1S/C15H13NO4/c1-9-8-16(14(17)15(18)19)12-7-6-10-4-2-3-5-11(10)13(12)20-9/h2-7,9H,8H2,1H3,(H,18,19). The Morgan fingerprint density at radius 3 is 2.75 bits per heavy atom. The van der Waals surface area contributed by atoms with Gasteiger partial charge in [0.05, 0.1) is 12.2 Å². The number of nitrogens with zero attached hydrogens (tertiary/aromatic N) is 1. The highest BCUT2D eigenvalue weighted by atomic mass is 16.5. The maximum Gasteiger partial charge on any atom is 0.394 e. The first-order valence-corrected chi connectivity index (χ1v) is 6.31. The SMILES string of the molecule is CC1CN(C(=O)C(=O)O)c2ccc3ccccc3c2O1. The maximum atomic E-state index is 11.8. The van der Waals surface area contributed by atoms with Crippen molar-refractivity contribution in [1.82, 2.24) is 0 Å². The number of carboxylic acids is 1. The molecule has 1 heterocycles. The lowest BCUT2D eigenvalue weighted by atomic mass is 10.1. The van der Waals surface area contributed by atoms with Gasteiger partial charge in [-0.3, -0.25) is 9.69 Å². The number of hydrogen-bond acceptors (Lipinski definition) is 3. The van der Waals surface area contributed by atoms with Gasteiger partial charge >= 0.3 is 11.9 Å². The molecule has 1 N–H and O–H groups in total. The van der Waals surface area contributed by atoms with Crippen LogP contribution in [-0.4, -0.2) is 29.6 Å². The van der Waals surface area contributed by atoms with Crippen LogP contribution < -0.4 is 9.64 Å². The molecule has 0 bridgehead atoms. The molecule has 0 fully saturated rings. The Morgan fingerprint density at radius 1 is 1.25 bits per heavy atom. The molecular formula is C15H13NO4. The molecule has 0 saturated heterocycles. The summed E-state index contributed by atoms with van der Waals surface area (Å²) in [7, 11) is 0. The molecule has 0 radical (unpaired) electrons. The van der Waals surface area contributed by atoms with Crippen molar-refractivity contribution in [3.05, 3.63) is 36.4 Å². The van der Waals surface area contributed by atoms with Crippen LogP contribution >= 0.6 is 0 Å². The predicted octanol–water partition coefficient (Wildman–Crippen LogP) is 2.04. The van der Waals surface area contributed by atoms with Crippen molar-refractivity contribution in [2.75, 3.05) is 11.4 Å². The van der Waals surface area contributed by atoms with Crippen molar-refractivity contribution in [2.24, 2.45) is 0 Å². The third-order valence-corrected chi connectivity index (χ3v) is 3.34. The van der Waals surface area contributed by atoms with Crippen LogP contribution in [0, 0.1) is 0 Å². The normalized spacial score (nSPS) is 17.4. The van der Waals surface area contributed by atoms with E-state index in [0.717, 1.165) is 10.8 Å². The Hall–Kier alpha value is -2.56. The summed E-state index contributed by atoms with van der Waals surface area (Å²) in [5.41, 5.74) is 0.509. The van der Waals surface area contributed by atoms with Gasteiger partial charge in [-0.15, -0.1) is 0 Å². The predicted molar refractivity (Wildman–Crippen MR) is 74.0 cm³/mol. The first kappa shape index (κ1) is 12.5. The molecule has 0 spiro atoms. The molecule has 5 heteroatoms. The minimum absolute atomic E-state index is 0.233. The van der Waals surface area contributed by atoms with Gasteiger partial charge in [-0.1, -0.05) is 30.3 Å². The van der Waals surface area contributed by atoms with Crippen LogP contribution in [-0.2, 0) is 9.59 Å². The Bertz CT molecular complexity index is 710. The van der Waals surface area contributed by atoms with E-state index in [1.165, 1.54) is 4.90 Å². The third kappa shape index (κ3) is 1.87. The molecule has 2 aromatic rings. The van der Waals surface area contributed by atoms with E-state index in [2.05, 4.69) is 0 Å². The topological polar surface area (TPSA) is 66.8 Å². The first-order chi connectivity index (χ1) is 9.58. The van der Waals surface area contributed by atoms with Gasteiger partial charge in [0.1, 0.15) is 6.10 Å². The van der Waals surface area contributed by atoms with E-state index in [4.69, 9.17) is 9.84 Å². The molecule has 0 aromatic heterocycles. The number of carbonyl (C=O) groups is 2. The number of rotatable bonds is 0. The van der Waals surface area contributed by atoms with E-state index < -0.39 is 11.9 Å². The van der Waals surface area contributed by atoms with E-state index in [9.17, 15) is 9.59 Å². The average molecular weight is 271 g/mol. The molecule has 2 aromatic carbocycles. The van der Waals surface area contributed by atoms with Crippen molar-refractivity contribution >= 4 is 28.3 Å². The monoisotopic (exact) mass is 271 g/mol.